The SMILES string of the molecule is Cn1cnnc1CCNC(=O)N1CCCC1(C)C(=O)O. The fourth-order valence-electron chi connectivity index (χ4n) is 2.42. The van der Waals surface area contributed by atoms with Gasteiger partial charge in [-0.25, -0.2) is 9.59 Å². The molecular formula is C12H19N5O3. The summed E-state index contributed by atoms with van der Waals surface area (Å²) in [5, 5.41) is 19.7. The van der Waals surface area contributed by atoms with Crippen molar-refractivity contribution >= 4 is 12.0 Å². The Morgan fingerprint density at radius 1 is 1.55 bits per heavy atom. The average molecular weight is 281 g/mol. The van der Waals surface area contributed by atoms with Crippen LogP contribution in [0.4, 0.5) is 4.79 Å². The van der Waals surface area contributed by atoms with Gasteiger partial charge in [-0.1, -0.05) is 0 Å². The molecule has 2 heterocycles. The molecule has 8 nitrogen and oxygen atoms in total. The first-order valence-corrected chi connectivity index (χ1v) is 6.57. The zero-order chi connectivity index (χ0) is 14.8. The third-order valence-corrected chi connectivity index (χ3v) is 3.78. The van der Waals surface area contributed by atoms with Crippen molar-refractivity contribution in [1.82, 2.24) is 25.0 Å². The van der Waals surface area contributed by atoms with Crippen LogP contribution in [0.2, 0.25) is 0 Å². The lowest BCUT2D eigenvalue weighted by molar-refractivity contribution is -0.147. The van der Waals surface area contributed by atoms with E-state index in [0.29, 0.717) is 32.4 Å². The van der Waals surface area contributed by atoms with Crippen molar-refractivity contribution in [2.75, 3.05) is 13.1 Å². The van der Waals surface area contributed by atoms with Crippen molar-refractivity contribution in [3.63, 3.8) is 0 Å². The number of aliphatic carboxylic acids is 1. The number of aryl methyl sites for hydroxylation is 1. The number of aromatic nitrogens is 3. The van der Waals surface area contributed by atoms with E-state index in [0.717, 1.165) is 5.82 Å². The molecule has 20 heavy (non-hydrogen) atoms. The molecule has 110 valence electrons. The molecule has 1 aliphatic heterocycles. The van der Waals surface area contributed by atoms with Gasteiger partial charge >= 0.3 is 12.0 Å². The lowest BCUT2D eigenvalue weighted by Crippen LogP contribution is -2.54. The van der Waals surface area contributed by atoms with Gasteiger partial charge in [-0.3, -0.25) is 0 Å². The number of carboxylic acid groups (broad SMARTS) is 1. The second-order valence-electron chi connectivity index (χ2n) is 5.17. The Morgan fingerprint density at radius 2 is 2.30 bits per heavy atom. The molecular weight excluding hydrogens is 262 g/mol. The molecule has 0 aliphatic carbocycles. The molecule has 1 fully saturated rings. The van der Waals surface area contributed by atoms with Gasteiger partial charge in [-0.05, 0) is 19.8 Å². The third kappa shape index (κ3) is 2.59. The summed E-state index contributed by atoms with van der Waals surface area (Å²) in [6, 6.07) is -0.338. The quantitative estimate of drug-likeness (QED) is 0.809. The summed E-state index contributed by atoms with van der Waals surface area (Å²) in [6.07, 6.45) is 3.34. The topological polar surface area (TPSA) is 100 Å². The van der Waals surface area contributed by atoms with Crippen molar-refractivity contribution in [1.29, 1.82) is 0 Å². The van der Waals surface area contributed by atoms with Crippen LogP contribution in [0.1, 0.15) is 25.6 Å². The Morgan fingerprint density at radius 3 is 2.90 bits per heavy atom. The predicted octanol–water partition coefficient (Wildman–Crippen LogP) is 0.00630. The Labute approximate surface area is 116 Å². The highest BCUT2D eigenvalue weighted by Gasteiger charge is 2.45. The van der Waals surface area contributed by atoms with Crippen LogP contribution in [0, 0.1) is 0 Å². The lowest BCUT2D eigenvalue weighted by Gasteiger charge is -2.31. The summed E-state index contributed by atoms with van der Waals surface area (Å²) in [4.78, 5) is 24.8. The fraction of sp³-hybridized carbons (Fsp3) is 0.667. The van der Waals surface area contributed by atoms with E-state index in [-0.39, 0.29) is 6.03 Å². The van der Waals surface area contributed by atoms with E-state index < -0.39 is 11.5 Å². The zero-order valence-electron chi connectivity index (χ0n) is 11.7. The van der Waals surface area contributed by atoms with Crippen molar-refractivity contribution < 1.29 is 14.7 Å². The highest BCUT2D eigenvalue weighted by Crippen LogP contribution is 2.29. The number of hydrogen-bond acceptors (Lipinski definition) is 4. The van der Waals surface area contributed by atoms with Crippen molar-refractivity contribution in [2.45, 2.75) is 31.7 Å². The maximum atomic E-state index is 12.1. The first-order valence-electron chi connectivity index (χ1n) is 6.57. The van der Waals surface area contributed by atoms with Gasteiger partial charge < -0.3 is 19.9 Å². The van der Waals surface area contributed by atoms with Gasteiger partial charge in [0.15, 0.2) is 0 Å². The number of likely N-dealkylation sites (tertiary alicyclic amines) is 1. The average Bonchev–Trinajstić information content (AvgIpc) is 2.97. The van der Waals surface area contributed by atoms with E-state index in [4.69, 9.17) is 0 Å². The summed E-state index contributed by atoms with van der Waals surface area (Å²) < 4.78 is 1.78. The van der Waals surface area contributed by atoms with Crippen molar-refractivity contribution in [2.24, 2.45) is 7.05 Å². The van der Waals surface area contributed by atoms with Gasteiger partial charge in [0.05, 0.1) is 0 Å². The van der Waals surface area contributed by atoms with Crippen molar-refractivity contribution in [3.05, 3.63) is 12.2 Å². The van der Waals surface area contributed by atoms with E-state index in [1.165, 1.54) is 4.90 Å². The molecule has 1 aromatic rings. The van der Waals surface area contributed by atoms with Crippen LogP contribution >= 0.6 is 0 Å². The van der Waals surface area contributed by atoms with Gasteiger partial charge in [0.25, 0.3) is 0 Å². The molecule has 1 saturated heterocycles. The third-order valence-electron chi connectivity index (χ3n) is 3.78. The van der Waals surface area contributed by atoms with Gasteiger partial charge in [0.1, 0.15) is 17.7 Å². The molecule has 0 bridgehead atoms. The minimum atomic E-state index is -1.10. The highest BCUT2D eigenvalue weighted by atomic mass is 16.4. The molecule has 1 unspecified atom stereocenters. The smallest absolute Gasteiger partial charge is 0.329 e. The van der Waals surface area contributed by atoms with Crippen LogP contribution < -0.4 is 5.32 Å². The maximum Gasteiger partial charge on any atom is 0.329 e. The number of hydrogen-bond donors (Lipinski definition) is 2. The Hall–Kier alpha value is -2.12. The zero-order valence-corrected chi connectivity index (χ0v) is 11.7. The molecule has 8 heteroatoms. The van der Waals surface area contributed by atoms with Gasteiger partial charge in [-0.2, -0.15) is 0 Å². The first kappa shape index (κ1) is 14.3. The Balaban J connectivity index is 1.89. The predicted molar refractivity (Wildman–Crippen MR) is 70.1 cm³/mol. The number of amides is 2. The van der Waals surface area contributed by atoms with Crippen LogP contribution in [-0.2, 0) is 18.3 Å². The van der Waals surface area contributed by atoms with E-state index in [1.54, 1.807) is 17.8 Å². The molecule has 0 saturated carbocycles. The van der Waals surface area contributed by atoms with E-state index in [9.17, 15) is 14.7 Å². The molecule has 1 atom stereocenters. The van der Waals surface area contributed by atoms with Crippen molar-refractivity contribution in [3.8, 4) is 0 Å². The number of carboxylic acids is 1. The first-order chi connectivity index (χ1) is 9.45. The van der Waals surface area contributed by atoms with Crippen LogP contribution in [-0.4, -0.2) is 55.4 Å². The summed E-state index contributed by atoms with van der Waals surface area (Å²) in [7, 11) is 1.83. The summed E-state index contributed by atoms with van der Waals surface area (Å²) in [6.45, 7) is 2.46. The number of carbonyl (C=O) groups is 2. The minimum absolute atomic E-state index is 0.338. The van der Waals surface area contributed by atoms with Crippen LogP contribution in [0.5, 0.6) is 0 Å². The van der Waals surface area contributed by atoms with Crippen LogP contribution in [0.25, 0.3) is 0 Å². The molecule has 0 radical (unpaired) electrons. The molecule has 1 aromatic heterocycles. The summed E-state index contributed by atoms with van der Waals surface area (Å²) in [5.41, 5.74) is -1.10. The van der Waals surface area contributed by atoms with Gasteiger partial charge in [-0.15, -0.1) is 10.2 Å². The standard InChI is InChI=1S/C12H19N5O3/c1-12(10(18)19)5-3-7-17(12)11(20)13-6-4-9-15-14-8-16(9)2/h8H,3-7H2,1-2H3,(H,13,20)(H,18,19). The summed E-state index contributed by atoms with van der Waals surface area (Å²) >= 11 is 0. The molecule has 2 N–H and O–H groups in total. The fourth-order valence-corrected chi connectivity index (χ4v) is 2.42. The minimum Gasteiger partial charge on any atom is -0.480 e. The second-order valence-corrected chi connectivity index (χ2v) is 5.17. The van der Waals surface area contributed by atoms with Crippen LogP contribution in [0.3, 0.4) is 0 Å². The van der Waals surface area contributed by atoms with E-state index in [1.807, 2.05) is 7.05 Å². The maximum absolute atomic E-state index is 12.1. The molecule has 1 aliphatic rings. The number of rotatable bonds is 4. The van der Waals surface area contributed by atoms with Gasteiger partial charge in [0, 0.05) is 26.6 Å². The molecule has 2 amide bonds. The number of nitrogens with one attached hydrogen (secondary N) is 1. The number of nitrogens with zero attached hydrogens (tertiary/aromatic N) is 4. The van der Waals surface area contributed by atoms with E-state index >= 15 is 0 Å². The van der Waals surface area contributed by atoms with E-state index in [2.05, 4.69) is 15.5 Å². The monoisotopic (exact) mass is 281 g/mol. The lowest BCUT2D eigenvalue weighted by atomic mass is 10.00. The number of carbonyl (C=O) groups excluding carboxylic acids is 1. The normalized spacial score (nSPS) is 22.0. The Kier molecular flexibility index (Phi) is 3.91. The van der Waals surface area contributed by atoms with Gasteiger partial charge in [0.2, 0.25) is 0 Å². The molecule has 0 spiro atoms. The molecule has 2 rings (SSSR count). The Bertz CT molecular complexity index is 515. The van der Waals surface area contributed by atoms with Crippen LogP contribution in [0.15, 0.2) is 6.33 Å². The molecule has 0 aromatic carbocycles. The highest BCUT2D eigenvalue weighted by molar-refractivity contribution is 5.86. The second kappa shape index (κ2) is 5.48. The largest absolute Gasteiger partial charge is 0.480 e. The summed E-state index contributed by atoms with van der Waals surface area (Å²) in [5.74, 6) is -0.189. The number of urea groups is 1.